The number of anilines is 2. The predicted octanol–water partition coefficient (Wildman–Crippen LogP) is 2.55. The van der Waals surface area contributed by atoms with Crippen LogP contribution in [0.25, 0.3) is 0 Å². The molecule has 0 amide bonds. The van der Waals surface area contributed by atoms with Gasteiger partial charge in [-0.15, -0.1) is 0 Å². The second kappa shape index (κ2) is 7.11. The molecule has 0 saturated carbocycles. The monoisotopic (exact) mass is 267 g/mol. The molecule has 0 bridgehead atoms. The van der Waals surface area contributed by atoms with Gasteiger partial charge in [-0.25, -0.2) is 0 Å². The molecule has 0 atom stereocenters. The number of ether oxygens (including phenoxy) is 1. The molecule has 0 aromatic carbocycles. The SMILES string of the molecule is CCCOc1nc(NCC)nc(NCC(C)(C)C)n1. The number of hydrogen-bond donors (Lipinski definition) is 2. The first kappa shape index (κ1) is 15.5. The molecule has 19 heavy (non-hydrogen) atoms. The average Bonchev–Trinajstić information content (AvgIpc) is 2.33. The summed E-state index contributed by atoms with van der Waals surface area (Å²) < 4.78 is 5.47. The second-order valence-electron chi connectivity index (χ2n) is 5.56. The number of rotatable bonds is 7. The van der Waals surface area contributed by atoms with E-state index in [-0.39, 0.29) is 5.41 Å². The molecule has 0 saturated heterocycles. The van der Waals surface area contributed by atoms with Crippen molar-refractivity contribution in [1.29, 1.82) is 0 Å². The lowest BCUT2D eigenvalue weighted by atomic mass is 9.97. The van der Waals surface area contributed by atoms with Crippen molar-refractivity contribution in [3.63, 3.8) is 0 Å². The van der Waals surface area contributed by atoms with Crippen LogP contribution in [0.4, 0.5) is 11.9 Å². The van der Waals surface area contributed by atoms with Gasteiger partial charge in [0, 0.05) is 13.1 Å². The maximum Gasteiger partial charge on any atom is 0.323 e. The van der Waals surface area contributed by atoms with Crippen LogP contribution in [0, 0.1) is 5.41 Å². The Morgan fingerprint density at radius 1 is 1.00 bits per heavy atom. The van der Waals surface area contributed by atoms with E-state index in [1.165, 1.54) is 0 Å². The zero-order valence-electron chi connectivity index (χ0n) is 12.6. The highest BCUT2D eigenvalue weighted by molar-refractivity contribution is 5.35. The molecule has 108 valence electrons. The van der Waals surface area contributed by atoms with Crippen molar-refractivity contribution in [2.45, 2.75) is 41.0 Å². The molecule has 1 aromatic heterocycles. The average molecular weight is 267 g/mol. The summed E-state index contributed by atoms with van der Waals surface area (Å²) in [6.07, 6.45) is 0.924. The van der Waals surface area contributed by atoms with Crippen LogP contribution in [0.5, 0.6) is 6.01 Å². The zero-order valence-corrected chi connectivity index (χ0v) is 12.6. The second-order valence-corrected chi connectivity index (χ2v) is 5.56. The molecule has 0 spiro atoms. The molecule has 0 fully saturated rings. The van der Waals surface area contributed by atoms with Gasteiger partial charge in [0.15, 0.2) is 0 Å². The molecule has 0 aliphatic rings. The first-order chi connectivity index (χ1) is 8.94. The Bertz CT molecular complexity index is 389. The van der Waals surface area contributed by atoms with E-state index in [9.17, 15) is 0 Å². The summed E-state index contributed by atoms with van der Waals surface area (Å²) in [7, 11) is 0. The van der Waals surface area contributed by atoms with Crippen molar-refractivity contribution in [2.75, 3.05) is 30.3 Å². The molecule has 1 aromatic rings. The Hall–Kier alpha value is -1.59. The van der Waals surface area contributed by atoms with E-state index in [1.807, 2.05) is 13.8 Å². The van der Waals surface area contributed by atoms with Crippen LogP contribution in [-0.2, 0) is 0 Å². The molecule has 6 heteroatoms. The largest absolute Gasteiger partial charge is 0.463 e. The van der Waals surface area contributed by atoms with Crippen LogP contribution < -0.4 is 15.4 Å². The fraction of sp³-hybridized carbons (Fsp3) is 0.769. The van der Waals surface area contributed by atoms with E-state index < -0.39 is 0 Å². The first-order valence-corrected chi connectivity index (χ1v) is 6.81. The first-order valence-electron chi connectivity index (χ1n) is 6.81. The van der Waals surface area contributed by atoms with Crippen molar-refractivity contribution in [1.82, 2.24) is 15.0 Å². The summed E-state index contributed by atoms with van der Waals surface area (Å²) in [5.74, 6) is 1.09. The van der Waals surface area contributed by atoms with Crippen molar-refractivity contribution in [3.8, 4) is 6.01 Å². The minimum absolute atomic E-state index is 0.162. The van der Waals surface area contributed by atoms with E-state index in [0.29, 0.717) is 24.5 Å². The van der Waals surface area contributed by atoms with E-state index in [2.05, 4.69) is 46.4 Å². The fourth-order valence-corrected chi connectivity index (χ4v) is 1.27. The van der Waals surface area contributed by atoms with Gasteiger partial charge in [-0.05, 0) is 18.8 Å². The van der Waals surface area contributed by atoms with E-state index in [4.69, 9.17) is 4.74 Å². The number of nitrogens with one attached hydrogen (secondary N) is 2. The van der Waals surface area contributed by atoms with Crippen LogP contribution >= 0.6 is 0 Å². The lowest BCUT2D eigenvalue weighted by molar-refractivity contribution is 0.292. The molecule has 0 aliphatic heterocycles. The van der Waals surface area contributed by atoms with Crippen LogP contribution in [0.15, 0.2) is 0 Å². The van der Waals surface area contributed by atoms with Crippen LogP contribution in [-0.4, -0.2) is 34.6 Å². The van der Waals surface area contributed by atoms with Crippen LogP contribution in [0.2, 0.25) is 0 Å². The van der Waals surface area contributed by atoms with Gasteiger partial charge in [0.1, 0.15) is 0 Å². The highest BCUT2D eigenvalue weighted by Crippen LogP contribution is 2.16. The van der Waals surface area contributed by atoms with Crippen molar-refractivity contribution in [3.05, 3.63) is 0 Å². The van der Waals surface area contributed by atoms with Crippen molar-refractivity contribution in [2.24, 2.45) is 5.41 Å². The molecular formula is C13H25N5O. The Kier molecular flexibility index (Phi) is 5.79. The minimum atomic E-state index is 0.162. The summed E-state index contributed by atoms with van der Waals surface area (Å²) in [6.45, 7) is 12.7. The third-order valence-corrected chi connectivity index (χ3v) is 2.16. The Morgan fingerprint density at radius 2 is 1.63 bits per heavy atom. The van der Waals surface area contributed by atoms with E-state index in [0.717, 1.165) is 19.5 Å². The standard InChI is InChI=1S/C13H25N5O/c1-6-8-19-12-17-10(14-7-2)16-11(18-12)15-9-13(3,4)5/h6-9H2,1-5H3,(H2,14,15,16,17,18). The molecule has 0 aliphatic carbocycles. The predicted molar refractivity (Wildman–Crippen MR) is 77.7 cm³/mol. The van der Waals surface area contributed by atoms with Gasteiger partial charge in [0.2, 0.25) is 11.9 Å². The van der Waals surface area contributed by atoms with Crippen LogP contribution in [0.1, 0.15) is 41.0 Å². The summed E-state index contributed by atoms with van der Waals surface area (Å²) in [6, 6.07) is 0.365. The highest BCUT2D eigenvalue weighted by atomic mass is 16.5. The molecule has 0 radical (unpaired) electrons. The Balaban J connectivity index is 2.79. The fourth-order valence-electron chi connectivity index (χ4n) is 1.27. The van der Waals surface area contributed by atoms with Crippen LogP contribution in [0.3, 0.4) is 0 Å². The molecular weight excluding hydrogens is 242 g/mol. The van der Waals surface area contributed by atoms with Gasteiger partial charge >= 0.3 is 6.01 Å². The number of aromatic nitrogens is 3. The summed E-state index contributed by atoms with van der Waals surface area (Å²) in [4.78, 5) is 12.8. The van der Waals surface area contributed by atoms with Gasteiger partial charge in [0.05, 0.1) is 6.61 Å². The Morgan fingerprint density at radius 3 is 2.16 bits per heavy atom. The molecule has 1 heterocycles. The molecule has 1 rings (SSSR count). The molecule has 2 N–H and O–H groups in total. The normalized spacial score (nSPS) is 11.2. The van der Waals surface area contributed by atoms with E-state index >= 15 is 0 Å². The quantitative estimate of drug-likeness (QED) is 0.791. The van der Waals surface area contributed by atoms with E-state index in [1.54, 1.807) is 0 Å². The highest BCUT2D eigenvalue weighted by Gasteiger charge is 2.12. The third kappa shape index (κ3) is 6.22. The number of hydrogen-bond acceptors (Lipinski definition) is 6. The third-order valence-electron chi connectivity index (χ3n) is 2.16. The zero-order chi connectivity index (χ0) is 14.3. The minimum Gasteiger partial charge on any atom is -0.463 e. The maximum absolute atomic E-state index is 5.47. The van der Waals surface area contributed by atoms with Gasteiger partial charge < -0.3 is 15.4 Å². The van der Waals surface area contributed by atoms with Crippen molar-refractivity contribution >= 4 is 11.9 Å². The summed E-state index contributed by atoms with van der Waals surface area (Å²) >= 11 is 0. The van der Waals surface area contributed by atoms with Gasteiger partial charge in [-0.1, -0.05) is 27.7 Å². The Labute approximate surface area is 115 Å². The molecule has 0 unspecified atom stereocenters. The smallest absolute Gasteiger partial charge is 0.323 e. The van der Waals surface area contributed by atoms with Crippen molar-refractivity contribution < 1.29 is 4.74 Å². The molecule has 6 nitrogen and oxygen atoms in total. The van der Waals surface area contributed by atoms with Gasteiger partial charge in [-0.3, -0.25) is 0 Å². The number of nitrogens with zero attached hydrogens (tertiary/aromatic N) is 3. The lowest BCUT2D eigenvalue weighted by Gasteiger charge is -2.19. The topological polar surface area (TPSA) is 72.0 Å². The van der Waals surface area contributed by atoms with Gasteiger partial charge in [0.25, 0.3) is 0 Å². The lowest BCUT2D eigenvalue weighted by Crippen LogP contribution is -2.21. The summed E-state index contributed by atoms with van der Waals surface area (Å²) in [5, 5.41) is 6.30. The maximum atomic E-state index is 5.47. The summed E-state index contributed by atoms with van der Waals surface area (Å²) in [5.41, 5.74) is 0.162. The van der Waals surface area contributed by atoms with Gasteiger partial charge in [-0.2, -0.15) is 15.0 Å².